The van der Waals surface area contributed by atoms with Gasteiger partial charge in [-0.2, -0.15) is 4.98 Å². The van der Waals surface area contributed by atoms with Crippen molar-refractivity contribution in [2.45, 2.75) is 32.7 Å². The minimum Gasteiger partial charge on any atom is -0.369 e. The Balaban J connectivity index is 2.39. The SMILES string of the molecule is CCCCCn1c(N)nc2[nH]cnc2c1=O. The van der Waals surface area contributed by atoms with Crippen LogP contribution in [0, 0.1) is 0 Å². The van der Waals surface area contributed by atoms with Crippen molar-refractivity contribution in [3.63, 3.8) is 0 Å². The van der Waals surface area contributed by atoms with Crippen LogP contribution in [0.5, 0.6) is 0 Å². The fourth-order valence-electron chi connectivity index (χ4n) is 1.67. The number of nitrogen functional groups attached to an aromatic ring is 1. The van der Waals surface area contributed by atoms with Crippen molar-refractivity contribution in [3.8, 4) is 0 Å². The number of fused-ring (bicyclic) bond motifs is 1. The first-order chi connectivity index (χ1) is 7.74. The average molecular weight is 221 g/mol. The van der Waals surface area contributed by atoms with Gasteiger partial charge in [-0.25, -0.2) is 4.98 Å². The lowest BCUT2D eigenvalue weighted by Gasteiger charge is -2.07. The number of unbranched alkanes of at least 4 members (excludes halogenated alkanes) is 2. The molecule has 0 bridgehead atoms. The van der Waals surface area contributed by atoms with E-state index in [2.05, 4.69) is 21.9 Å². The lowest BCUT2D eigenvalue weighted by Crippen LogP contribution is -2.24. The largest absolute Gasteiger partial charge is 0.369 e. The summed E-state index contributed by atoms with van der Waals surface area (Å²) in [6.45, 7) is 2.72. The van der Waals surface area contributed by atoms with Crippen LogP contribution in [0.2, 0.25) is 0 Å². The second kappa shape index (κ2) is 4.34. The number of hydrogen-bond donors (Lipinski definition) is 2. The van der Waals surface area contributed by atoms with Crippen LogP contribution < -0.4 is 11.3 Å². The third-order valence-electron chi connectivity index (χ3n) is 2.56. The van der Waals surface area contributed by atoms with Gasteiger partial charge in [0, 0.05) is 6.54 Å². The van der Waals surface area contributed by atoms with Crippen LogP contribution in [0.15, 0.2) is 11.1 Å². The van der Waals surface area contributed by atoms with Gasteiger partial charge in [0.1, 0.15) is 0 Å². The molecule has 0 spiro atoms. The van der Waals surface area contributed by atoms with Crippen LogP contribution in [0.4, 0.5) is 5.95 Å². The predicted molar refractivity (Wildman–Crippen MR) is 62.1 cm³/mol. The molecule has 0 aliphatic heterocycles. The summed E-state index contributed by atoms with van der Waals surface area (Å²) < 4.78 is 1.48. The summed E-state index contributed by atoms with van der Waals surface area (Å²) in [5.41, 5.74) is 6.37. The highest BCUT2D eigenvalue weighted by atomic mass is 16.1. The third-order valence-corrected chi connectivity index (χ3v) is 2.56. The molecule has 0 amide bonds. The number of aromatic nitrogens is 4. The van der Waals surface area contributed by atoms with Gasteiger partial charge < -0.3 is 10.7 Å². The minimum absolute atomic E-state index is 0.167. The maximum Gasteiger partial charge on any atom is 0.283 e. The van der Waals surface area contributed by atoms with E-state index in [1.54, 1.807) is 0 Å². The molecule has 0 atom stereocenters. The summed E-state index contributed by atoms with van der Waals surface area (Å²) in [6.07, 6.45) is 4.56. The fraction of sp³-hybridized carbons (Fsp3) is 0.500. The number of anilines is 1. The summed E-state index contributed by atoms with van der Waals surface area (Å²) in [4.78, 5) is 22.8. The normalized spacial score (nSPS) is 11.1. The van der Waals surface area contributed by atoms with Gasteiger partial charge in [-0.1, -0.05) is 19.8 Å². The Bertz CT molecular complexity index is 542. The Kier molecular flexibility index (Phi) is 2.89. The molecule has 6 heteroatoms. The molecule has 2 heterocycles. The van der Waals surface area contributed by atoms with E-state index in [9.17, 15) is 4.79 Å². The Morgan fingerprint density at radius 2 is 2.31 bits per heavy atom. The highest BCUT2D eigenvalue weighted by Crippen LogP contribution is 2.05. The predicted octanol–water partition coefficient (Wildman–Crippen LogP) is 0.892. The standard InChI is InChI=1S/C10H15N5O/c1-2-3-4-5-15-9(16)7-8(13-6-12-7)14-10(15)11/h6H,2-5H2,1H3,(H2,11,14)(H,12,13). The van der Waals surface area contributed by atoms with E-state index in [1.807, 2.05) is 0 Å². The molecule has 3 N–H and O–H groups in total. The molecule has 2 rings (SSSR count). The second-order valence-electron chi connectivity index (χ2n) is 3.73. The first-order valence-electron chi connectivity index (χ1n) is 5.43. The second-order valence-corrected chi connectivity index (χ2v) is 3.73. The summed E-state index contributed by atoms with van der Waals surface area (Å²) in [7, 11) is 0. The number of aromatic amines is 1. The van der Waals surface area contributed by atoms with Crippen LogP contribution >= 0.6 is 0 Å². The zero-order valence-corrected chi connectivity index (χ0v) is 9.23. The maximum atomic E-state index is 12.0. The van der Waals surface area contributed by atoms with Crippen LogP contribution in [0.25, 0.3) is 11.2 Å². The van der Waals surface area contributed by atoms with Crippen molar-refractivity contribution in [2.75, 3.05) is 5.73 Å². The van der Waals surface area contributed by atoms with E-state index in [4.69, 9.17) is 5.73 Å². The smallest absolute Gasteiger partial charge is 0.283 e. The first-order valence-corrected chi connectivity index (χ1v) is 5.43. The average Bonchev–Trinajstić information content (AvgIpc) is 2.71. The number of imidazole rings is 1. The van der Waals surface area contributed by atoms with Gasteiger partial charge >= 0.3 is 0 Å². The van der Waals surface area contributed by atoms with E-state index in [0.29, 0.717) is 17.7 Å². The Morgan fingerprint density at radius 1 is 1.50 bits per heavy atom. The van der Waals surface area contributed by atoms with E-state index in [-0.39, 0.29) is 11.5 Å². The molecule has 0 saturated carbocycles. The molecule has 0 aliphatic rings. The summed E-state index contributed by atoms with van der Waals surface area (Å²) >= 11 is 0. The molecule has 86 valence electrons. The third kappa shape index (κ3) is 1.78. The van der Waals surface area contributed by atoms with Crippen molar-refractivity contribution in [3.05, 3.63) is 16.7 Å². The van der Waals surface area contributed by atoms with Gasteiger partial charge in [-0.15, -0.1) is 0 Å². The zero-order valence-electron chi connectivity index (χ0n) is 9.23. The molecule has 0 saturated heterocycles. The molecule has 6 nitrogen and oxygen atoms in total. The van der Waals surface area contributed by atoms with Gasteiger partial charge in [0.25, 0.3) is 5.56 Å². The van der Waals surface area contributed by atoms with Crippen LogP contribution in [0.3, 0.4) is 0 Å². The van der Waals surface area contributed by atoms with Crippen molar-refractivity contribution in [1.82, 2.24) is 19.5 Å². The van der Waals surface area contributed by atoms with Gasteiger partial charge in [0.05, 0.1) is 6.33 Å². The quantitative estimate of drug-likeness (QED) is 0.750. The van der Waals surface area contributed by atoms with Crippen LogP contribution in [0.1, 0.15) is 26.2 Å². The monoisotopic (exact) mass is 221 g/mol. The summed E-state index contributed by atoms with van der Waals surface area (Å²) in [5, 5.41) is 0. The van der Waals surface area contributed by atoms with Crippen LogP contribution in [-0.4, -0.2) is 19.5 Å². The molecule has 0 radical (unpaired) electrons. The molecule has 0 fully saturated rings. The number of nitrogens with zero attached hydrogens (tertiary/aromatic N) is 3. The lowest BCUT2D eigenvalue weighted by atomic mass is 10.2. The van der Waals surface area contributed by atoms with E-state index < -0.39 is 0 Å². The zero-order chi connectivity index (χ0) is 11.5. The van der Waals surface area contributed by atoms with Gasteiger partial charge in [0.2, 0.25) is 5.95 Å². The molecular weight excluding hydrogens is 206 g/mol. The van der Waals surface area contributed by atoms with Crippen molar-refractivity contribution >= 4 is 17.1 Å². The van der Waals surface area contributed by atoms with Crippen molar-refractivity contribution < 1.29 is 0 Å². The molecule has 0 aromatic carbocycles. The highest BCUT2D eigenvalue weighted by molar-refractivity contribution is 5.69. The Morgan fingerprint density at radius 3 is 3.06 bits per heavy atom. The molecule has 2 aromatic rings. The molecule has 2 aromatic heterocycles. The Labute approximate surface area is 92.5 Å². The number of nitrogens with two attached hydrogens (primary N) is 1. The van der Waals surface area contributed by atoms with Gasteiger partial charge in [-0.05, 0) is 6.42 Å². The highest BCUT2D eigenvalue weighted by Gasteiger charge is 2.09. The molecule has 16 heavy (non-hydrogen) atoms. The molecular formula is C10H15N5O. The summed E-state index contributed by atoms with van der Waals surface area (Å²) in [5.74, 6) is 0.248. The van der Waals surface area contributed by atoms with Crippen molar-refractivity contribution in [1.29, 1.82) is 0 Å². The van der Waals surface area contributed by atoms with Crippen LogP contribution in [-0.2, 0) is 6.54 Å². The van der Waals surface area contributed by atoms with E-state index >= 15 is 0 Å². The molecule has 0 unspecified atom stereocenters. The number of H-pyrrole nitrogens is 1. The van der Waals surface area contributed by atoms with E-state index in [1.165, 1.54) is 10.9 Å². The first kappa shape index (κ1) is 10.7. The van der Waals surface area contributed by atoms with Gasteiger partial charge in [-0.3, -0.25) is 9.36 Å². The lowest BCUT2D eigenvalue weighted by molar-refractivity contribution is 0.591. The number of hydrogen-bond acceptors (Lipinski definition) is 4. The topological polar surface area (TPSA) is 89.6 Å². The fourth-order valence-corrected chi connectivity index (χ4v) is 1.67. The van der Waals surface area contributed by atoms with E-state index in [0.717, 1.165) is 19.3 Å². The summed E-state index contributed by atoms with van der Waals surface area (Å²) in [6, 6.07) is 0. The van der Waals surface area contributed by atoms with Gasteiger partial charge in [0.15, 0.2) is 11.2 Å². The number of rotatable bonds is 4. The minimum atomic E-state index is -0.167. The van der Waals surface area contributed by atoms with Crippen molar-refractivity contribution in [2.24, 2.45) is 0 Å². The Hall–Kier alpha value is -1.85. The molecule has 0 aliphatic carbocycles. The maximum absolute atomic E-state index is 12.0. The number of nitrogens with one attached hydrogen (secondary N) is 1.